The van der Waals surface area contributed by atoms with Gasteiger partial charge in [-0.05, 0) is 18.4 Å². The van der Waals surface area contributed by atoms with E-state index in [2.05, 4.69) is 5.32 Å². The lowest BCUT2D eigenvalue weighted by molar-refractivity contribution is -0.148. The van der Waals surface area contributed by atoms with Crippen LogP contribution in [0.15, 0.2) is 30.3 Å². The van der Waals surface area contributed by atoms with Gasteiger partial charge in [0, 0.05) is 0 Å². The van der Waals surface area contributed by atoms with Gasteiger partial charge in [0.15, 0.2) is 0 Å². The minimum absolute atomic E-state index is 0.0157. The molecule has 1 N–H and O–H groups in total. The minimum Gasteiger partial charge on any atom is -0.468 e. The van der Waals surface area contributed by atoms with Gasteiger partial charge < -0.3 is 9.47 Å². The van der Waals surface area contributed by atoms with Crippen LogP contribution < -0.4 is 5.32 Å². The molecule has 21 heavy (non-hydrogen) atoms. The van der Waals surface area contributed by atoms with E-state index < -0.39 is 24.0 Å². The van der Waals surface area contributed by atoms with Crippen LogP contribution in [-0.2, 0) is 19.1 Å². The van der Waals surface area contributed by atoms with Crippen molar-refractivity contribution in [1.82, 2.24) is 5.32 Å². The second kappa shape index (κ2) is 8.42. The van der Waals surface area contributed by atoms with Gasteiger partial charge in [-0.15, -0.1) is 0 Å². The molecule has 1 aromatic rings. The highest BCUT2D eigenvalue weighted by Crippen LogP contribution is 2.18. The van der Waals surface area contributed by atoms with E-state index in [1.807, 2.05) is 44.2 Å². The quantitative estimate of drug-likeness (QED) is 0.780. The summed E-state index contributed by atoms with van der Waals surface area (Å²) in [6.45, 7) is 5.82. The SMILES string of the molecule is CCOC(=O)C(NC(C(=O)OC)C(C)C)c1ccccc1. The lowest BCUT2D eigenvalue weighted by atomic mass is 10.0. The van der Waals surface area contributed by atoms with Crippen molar-refractivity contribution in [2.45, 2.75) is 32.9 Å². The van der Waals surface area contributed by atoms with Gasteiger partial charge in [0.2, 0.25) is 0 Å². The molecular formula is C16H23NO4. The van der Waals surface area contributed by atoms with E-state index in [9.17, 15) is 9.59 Å². The Morgan fingerprint density at radius 1 is 1.14 bits per heavy atom. The molecule has 1 aromatic carbocycles. The molecule has 5 heteroatoms. The number of carbonyl (C=O) groups is 2. The molecule has 0 saturated heterocycles. The summed E-state index contributed by atoms with van der Waals surface area (Å²) in [5, 5.41) is 3.06. The first-order valence-electron chi connectivity index (χ1n) is 7.06. The molecule has 0 bridgehead atoms. The summed E-state index contributed by atoms with van der Waals surface area (Å²) in [4.78, 5) is 24.0. The predicted molar refractivity (Wildman–Crippen MR) is 79.6 cm³/mol. The number of methoxy groups -OCH3 is 1. The Morgan fingerprint density at radius 3 is 2.24 bits per heavy atom. The molecule has 0 radical (unpaired) electrons. The standard InChI is InChI=1S/C16H23NO4/c1-5-21-16(19)14(12-9-7-6-8-10-12)17-13(11(2)3)15(18)20-4/h6-11,13-14,17H,5H2,1-4H3. The molecule has 0 saturated carbocycles. The Labute approximate surface area is 125 Å². The average Bonchev–Trinajstić information content (AvgIpc) is 2.48. The van der Waals surface area contributed by atoms with Gasteiger partial charge in [-0.25, -0.2) is 4.79 Å². The second-order valence-corrected chi connectivity index (χ2v) is 5.01. The van der Waals surface area contributed by atoms with Gasteiger partial charge in [-0.2, -0.15) is 0 Å². The normalized spacial score (nSPS) is 13.6. The van der Waals surface area contributed by atoms with Gasteiger partial charge in [0.25, 0.3) is 0 Å². The summed E-state index contributed by atoms with van der Waals surface area (Å²) >= 11 is 0. The first kappa shape index (κ1) is 17.2. The molecule has 0 aliphatic rings. The summed E-state index contributed by atoms with van der Waals surface area (Å²) < 4.78 is 9.90. The molecule has 0 aliphatic carbocycles. The first-order valence-corrected chi connectivity index (χ1v) is 7.06. The summed E-state index contributed by atoms with van der Waals surface area (Å²) in [5.74, 6) is -0.813. The third-order valence-electron chi connectivity index (χ3n) is 3.12. The number of benzene rings is 1. The van der Waals surface area contributed by atoms with E-state index in [0.717, 1.165) is 5.56 Å². The molecule has 1 rings (SSSR count). The van der Waals surface area contributed by atoms with Gasteiger partial charge in [-0.1, -0.05) is 44.2 Å². The lowest BCUT2D eigenvalue weighted by Crippen LogP contribution is -2.46. The first-order chi connectivity index (χ1) is 10.0. The maximum Gasteiger partial charge on any atom is 0.327 e. The van der Waals surface area contributed by atoms with Crippen molar-refractivity contribution in [1.29, 1.82) is 0 Å². The van der Waals surface area contributed by atoms with Crippen molar-refractivity contribution in [3.8, 4) is 0 Å². The van der Waals surface area contributed by atoms with Crippen molar-refractivity contribution < 1.29 is 19.1 Å². The molecule has 2 atom stereocenters. The number of ether oxygens (including phenoxy) is 2. The van der Waals surface area contributed by atoms with Crippen LogP contribution >= 0.6 is 0 Å². The maximum absolute atomic E-state index is 12.2. The molecule has 5 nitrogen and oxygen atoms in total. The zero-order valence-electron chi connectivity index (χ0n) is 13.0. The fraction of sp³-hybridized carbons (Fsp3) is 0.500. The largest absolute Gasteiger partial charge is 0.468 e. The van der Waals surface area contributed by atoms with E-state index in [-0.39, 0.29) is 12.5 Å². The monoisotopic (exact) mass is 293 g/mol. The molecule has 0 spiro atoms. The summed E-state index contributed by atoms with van der Waals surface area (Å²) in [5.41, 5.74) is 0.755. The summed E-state index contributed by atoms with van der Waals surface area (Å²) in [7, 11) is 1.33. The van der Waals surface area contributed by atoms with Crippen molar-refractivity contribution in [3.05, 3.63) is 35.9 Å². The van der Waals surface area contributed by atoms with Crippen LogP contribution in [0, 0.1) is 5.92 Å². The molecule has 0 aliphatic heterocycles. The van der Waals surface area contributed by atoms with Gasteiger partial charge in [0.05, 0.1) is 13.7 Å². The Kier molecular flexibility index (Phi) is 6.88. The van der Waals surface area contributed by atoms with E-state index in [0.29, 0.717) is 0 Å². The molecule has 0 amide bonds. The molecule has 0 aromatic heterocycles. The maximum atomic E-state index is 12.2. The van der Waals surface area contributed by atoms with Crippen LogP contribution in [0.1, 0.15) is 32.4 Å². The summed E-state index contributed by atoms with van der Waals surface area (Å²) in [6.07, 6.45) is 0. The van der Waals surface area contributed by atoms with Crippen LogP contribution in [0.25, 0.3) is 0 Å². The second-order valence-electron chi connectivity index (χ2n) is 5.01. The number of rotatable bonds is 7. The van der Waals surface area contributed by atoms with Crippen molar-refractivity contribution in [3.63, 3.8) is 0 Å². The molecule has 116 valence electrons. The molecule has 0 fully saturated rings. The number of esters is 2. The van der Waals surface area contributed by atoms with Crippen LogP contribution in [0.2, 0.25) is 0 Å². The number of hydrogen-bond donors (Lipinski definition) is 1. The van der Waals surface area contributed by atoms with E-state index in [1.54, 1.807) is 6.92 Å². The van der Waals surface area contributed by atoms with Gasteiger partial charge >= 0.3 is 11.9 Å². The zero-order valence-corrected chi connectivity index (χ0v) is 13.0. The number of nitrogens with one attached hydrogen (secondary N) is 1. The van der Waals surface area contributed by atoms with E-state index >= 15 is 0 Å². The fourth-order valence-electron chi connectivity index (χ4n) is 2.01. The average molecular weight is 293 g/mol. The highest BCUT2D eigenvalue weighted by atomic mass is 16.5. The highest BCUT2D eigenvalue weighted by molar-refractivity contribution is 5.80. The van der Waals surface area contributed by atoms with Crippen LogP contribution in [0.3, 0.4) is 0 Å². The van der Waals surface area contributed by atoms with Crippen LogP contribution in [-0.4, -0.2) is 31.7 Å². The van der Waals surface area contributed by atoms with E-state index in [4.69, 9.17) is 9.47 Å². The fourth-order valence-corrected chi connectivity index (χ4v) is 2.01. The van der Waals surface area contributed by atoms with Crippen molar-refractivity contribution >= 4 is 11.9 Å². The Hall–Kier alpha value is -1.88. The van der Waals surface area contributed by atoms with Crippen LogP contribution in [0.5, 0.6) is 0 Å². The number of carbonyl (C=O) groups excluding carboxylic acids is 2. The lowest BCUT2D eigenvalue weighted by Gasteiger charge is -2.25. The molecular weight excluding hydrogens is 270 g/mol. The Morgan fingerprint density at radius 2 is 1.76 bits per heavy atom. The van der Waals surface area contributed by atoms with Crippen LogP contribution in [0.4, 0.5) is 0 Å². The zero-order chi connectivity index (χ0) is 15.8. The third kappa shape index (κ3) is 4.86. The smallest absolute Gasteiger partial charge is 0.327 e. The third-order valence-corrected chi connectivity index (χ3v) is 3.12. The van der Waals surface area contributed by atoms with E-state index in [1.165, 1.54) is 7.11 Å². The highest BCUT2D eigenvalue weighted by Gasteiger charge is 2.30. The van der Waals surface area contributed by atoms with Gasteiger partial charge in [0.1, 0.15) is 12.1 Å². The van der Waals surface area contributed by atoms with Crippen molar-refractivity contribution in [2.75, 3.05) is 13.7 Å². The number of hydrogen-bond acceptors (Lipinski definition) is 5. The molecule has 2 unspecified atom stereocenters. The topological polar surface area (TPSA) is 64.6 Å². The Bertz CT molecular complexity index is 459. The summed E-state index contributed by atoms with van der Waals surface area (Å²) in [6, 6.07) is 7.91. The van der Waals surface area contributed by atoms with Gasteiger partial charge in [-0.3, -0.25) is 10.1 Å². The molecule has 0 heterocycles. The minimum atomic E-state index is -0.697. The van der Waals surface area contributed by atoms with Crippen molar-refractivity contribution in [2.24, 2.45) is 5.92 Å². The Balaban J connectivity index is 3.01. The predicted octanol–water partition coefficient (Wildman–Crippen LogP) is 2.08.